The van der Waals surface area contributed by atoms with Crippen molar-refractivity contribution in [2.45, 2.75) is 26.4 Å². The Morgan fingerprint density at radius 3 is 2.22 bits per heavy atom. The van der Waals surface area contributed by atoms with Crippen molar-refractivity contribution in [3.8, 4) is 0 Å². The van der Waals surface area contributed by atoms with E-state index in [1.807, 2.05) is 30.3 Å². The molecule has 1 atom stereocenters. The van der Waals surface area contributed by atoms with Crippen LogP contribution in [0.4, 0.5) is 14.5 Å². The van der Waals surface area contributed by atoms with Crippen LogP contribution >= 0.6 is 0 Å². The van der Waals surface area contributed by atoms with Crippen molar-refractivity contribution in [3.05, 3.63) is 65.7 Å². The van der Waals surface area contributed by atoms with Gasteiger partial charge in [0.15, 0.2) is 11.6 Å². The van der Waals surface area contributed by atoms with Crippen LogP contribution in [-0.4, -0.2) is 38.1 Å². The highest BCUT2D eigenvalue weighted by Gasteiger charge is 2.32. The van der Waals surface area contributed by atoms with Gasteiger partial charge in [0, 0.05) is 19.2 Å². The van der Waals surface area contributed by atoms with E-state index in [1.165, 1.54) is 11.8 Å². The second kappa shape index (κ2) is 8.47. The van der Waals surface area contributed by atoms with Crippen LogP contribution in [0.25, 0.3) is 0 Å². The van der Waals surface area contributed by atoms with Crippen LogP contribution in [0.15, 0.2) is 48.5 Å². The van der Waals surface area contributed by atoms with Crippen LogP contribution in [-0.2, 0) is 21.4 Å². The summed E-state index contributed by atoms with van der Waals surface area (Å²) in [5.41, 5.74) is 0.798. The number of hydrogen-bond donors (Lipinski definition) is 0. The first-order valence-electron chi connectivity index (χ1n) is 8.42. The lowest BCUT2D eigenvalue weighted by atomic mass is 10.2. The van der Waals surface area contributed by atoms with Crippen molar-refractivity contribution < 1.29 is 22.0 Å². The van der Waals surface area contributed by atoms with Crippen LogP contribution in [0.5, 0.6) is 0 Å². The Morgan fingerprint density at radius 1 is 1.07 bits per heavy atom. The monoisotopic (exact) mass is 396 g/mol. The van der Waals surface area contributed by atoms with Gasteiger partial charge in [-0.15, -0.1) is 0 Å². The highest BCUT2D eigenvalue weighted by atomic mass is 32.2. The van der Waals surface area contributed by atoms with Crippen molar-refractivity contribution in [1.29, 1.82) is 0 Å². The van der Waals surface area contributed by atoms with Gasteiger partial charge in [-0.3, -0.25) is 9.10 Å². The zero-order valence-corrected chi connectivity index (χ0v) is 16.2. The largest absolute Gasteiger partial charge is 0.337 e. The Hall–Kier alpha value is -2.48. The van der Waals surface area contributed by atoms with Crippen LogP contribution in [0.2, 0.25) is 0 Å². The number of hydrogen-bond acceptors (Lipinski definition) is 3. The number of benzene rings is 2. The maximum absolute atomic E-state index is 13.6. The molecule has 0 aliphatic rings. The lowest BCUT2D eigenvalue weighted by Crippen LogP contribution is -2.49. The van der Waals surface area contributed by atoms with E-state index >= 15 is 0 Å². The fourth-order valence-corrected chi connectivity index (χ4v) is 4.00. The van der Waals surface area contributed by atoms with Crippen LogP contribution < -0.4 is 4.31 Å². The molecule has 27 heavy (non-hydrogen) atoms. The Labute approximate surface area is 158 Å². The number of nitrogens with zero attached hydrogens (tertiary/aromatic N) is 2. The minimum atomic E-state index is -3.91. The summed E-state index contributed by atoms with van der Waals surface area (Å²) in [6, 6.07) is 10.9. The van der Waals surface area contributed by atoms with Crippen molar-refractivity contribution in [3.63, 3.8) is 0 Å². The fraction of sp³-hybridized carbons (Fsp3) is 0.316. The molecular formula is C19H22F2N2O3S. The number of halogens is 2. The van der Waals surface area contributed by atoms with E-state index < -0.39 is 33.6 Å². The molecule has 2 aromatic rings. The van der Waals surface area contributed by atoms with E-state index in [1.54, 1.807) is 6.92 Å². The molecule has 0 spiro atoms. The SMILES string of the molecule is CCN(Cc1ccccc1)C(=O)C(C)N(c1ccc(F)c(F)c1)S(C)(=O)=O. The first kappa shape index (κ1) is 20.8. The summed E-state index contributed by atoms with van der Waals surface area (Å²) in [7, 11) is -3.91. The second-order valence-corrected chi connectivity index (χ2v) is 8.03. The predicted octanol–water partition coefficient (Wildman–Crippen LogP) is 3.17. The predicted molar refractivity (Wildman–Crippen MR) is 101 cm³/mol. The van der Waals surface area contributed by atoms with Gasteiger partial charge in [0.25, 0.3) is 0 Å². The molecule has 0 aliphatic heterocycles. The second-order valence-electron chi connectivity index (χ2n) is 6.17. The summed E-state index contributed by atoms with van der Waals surface area (Å²) in [5.74, 6) is -2.71. The van der Waals surface area contributed by atoms with E-state index in [0.29, 0.717) is 13.1 Å². The zero-order chi connectivity index (χ0) is 20.2. The quantitative estimate of drug-likeness (QED) is 0.722. The van der Waals surface area contributed by atoms with E-state index in [9.17, 15) is 22.0 Å². The van der Waals surface area contributed by atoms with Crippen molar-refractivity contribution in [2.24, 2.45) is 0 Å². The minimum absolute atomic E-state index is 0.104. The molecule has 2 rings (SSSR count). The van der Waals surface area contributed by atoms with Crippen LogP contribution in [0.1, 0.15) is 19.4 Å². The third-order valence-corrected chi connectivity index (χ3v) is 5.38. The van der Waals surface area contributed by atoms with Gasteiger partial charge >= 0.3 is 0 Å². The number of amides is 1. The summed E-state index contributed by atoms with van der Waals surface area (Å²) in [6.07, 6.45) is 0.922. The summed E-state index contributed by atoms with van der Waals surface area (Å²) in [5, 5.41) is 0. The molecule has 2 aromatic carbocycles. The van der Waals surface area contributed by atoms with Crippen molar-refractivity contribution >= 4 is 21.6 Å². The van der Waals surface area contributed by atoms with Gasteiger partial charge < -0.3 is 4.90 Å². The third kappa shape index (κ3) is 5.03. The maximum Gasteiger partial charge on any atom is 0.246 e. The average Bonchev–Trinajstić information content (AvgIpc) is 2.62. The molecule has 0 fully saturated rings. The molecule has 1 unspecified atom stereocenters. The van der Waals surface area contributed by atoms with Crippen LogP contribution in [0.3, 0.4) is 0 Å². The number of carbonyl (C=O) groups is 1. The van der Waals surface area contributed by atoms with Gasteiger partial charge in [-0.05, 0) is 31.5 Å². The molecule has 1 amide bonds. The Morgan fingerprint density at radius 2 is 1.70 bits per heavy atom. The summed E-state index contributed by atoms with van der Waals surface area (Å²) < 4.78 is 52.2. The molecule has 0 N–H and O–H groups in total. The molecule has 0 aromatic heterocycles. The molecule has 8 heteroatoms. The first-order chi connectivity index (χ1) is 12.6. The number of likely N-dealkylation sites (N-methyl/N-ethyl adjacent to an activating group) is 1. The van der Waals surface area contributed by atoms with E-state index in [4.69, 9.17) is 0 Å². The molecule has 146 valence electrons. The zero-order valence-electron chi connectivity index (χ0n) is 15.4. The van der Waals surface area contributed by atoms with Gasteiger partial charge in [0.05, 0.1) is 11.9 Å². The average molecular weight is 396 g/mol. The smallest absolute Gasteiger partial charge is 0.246 e. The summed E-state index contributed by atoms with van der Waals surface area (Å²) in [4.78, 5) is 14.5. The van der Waals surface area contributed by atoms with E-state index in [-0.39, 0.29) is 5.69 Å². The first-order valence-corrected chi connectivity index (χ1v) is 10.3. The Balaban J connectivity index is 2.34. The minimum Gasteiger partial charge on any atom is -0.337 e. The number of anilines is 1. The maximum atomic E-state index is 13.6. The number of rotatable bonds is 7. The topological polar surface area (TPSA) is 57.7 Å². The molecule has 0 radical (unpaired) electrons. The van der Waals surface area contributed by atoms with Gasteiger partial charge in [-0.2, -0.15) is 0 Å². The van der Waals surface area contributed by atoms with Gasteiger partial charge in [-0.25, -0.2) is 17.2 Å². The van der Waals surface area contributed by atoms with Gasteiger partial charge in [0.2, 0.25) is 15.9 Å². The van der Waals surface area contributed by atoms with E-state index in [2.05, 4.69) is 0 Å². The molecule has 0 saturated carbocycles. The lowest BCUT2D eigenvalue weighted by molar-refractivity contribution is -0.132. The molecule has 0 saturated heterocycles. The standard InChI is InChI=1S/C19H22F2N2O3S/c1-4-22(13-15-8-6-5-7-9-15)19(24)14(2)23(27(3,25)26)16-10-11-17(20)18(21)12-16/h5-12,14H,4,13H2,1-3H3. The summed E-state index contributed by atoms with van der Waals surface area (Å²) in [6.45, 7) is 3.90. The van der Waals surface area contributed by atoms with Gasteiger partial charge in [-0.1, -0.05) is 30.3 Å². The van der Waals surface area contributed by atoms with Crippen LogP contribution in [0, 0.1) is 11.6 Å². The third-order valence-electron chi connectivity index (χ3n) is 4.13. The Kier molecular flexibility index (Phi) is 6.54. The fourth-order valence-electron chi connectivity index (χ4n) is 2.84. The molecular weight excluding hydrogens is 374 g/mol. The highest BCUT2D eigenvalue weighted by Crippen LogP contribution is 2.24. The Bertz CT molecular complexity index is 904. The number of carbonyl (C=O) groups excluding carboxylic acids is 1. The normalized spacial score (nSPS) is 12.5. The molecule has 5 nitrogen and oxygen atoms in total. The van der Waals surface area contributed by atoms with E-state index in [0.717, 1.165) is 34.3 Å². The molecule has 0 heterocycles. The lowest BCUT2D eigenvalue weighted by Gasteiger charge is -2.32. The molecule has 0 bridgehead atoms. The highest BCUT2D eigenvalue weighted by molar-refractivity contribution is 7.92. The molecule has 0 aliphatic carbocycles. The van der Waals surface area contributed by atoms with Gasteiger partial charge in [0.1, 0.15) is 6.04 Å². The van der Waals surface area contributed by atoms with Crippen molar-refractivity contribution in [2.75, 3.05) is 17.1 Å². The summed E-state index contributed by atoms with van der Waals surface area (Å²) >= 11 is 0. The number of sulfonamides is 1. The van der Waals surface area contributed by atoms with Crippen molar-refractivity contribution in [1.82, 2.24) is 4.90 Å².